The molecule has 0 aliphatic rings. The Morgan fingerprint density at radius 1 is 0.955 bits per heavy atom. The number of hydrogen-bond acceptors (Lipinski definition) is 6. The number of benzene rings is 3. The number of halogens is 2. The van der Waals surface area contributed by atoms with E-state index in [-0.39, 0.29) is 35.2 Å². The molecular formula is C32H39Cl2N3O6S. The SMILES string of the molecule is CCCCNC(=O)[C@H](CC)N(Cc1ccc(Cl)cc1Cl)C(=O)CN(c1cc(OC)ccc1OC)S(=O)(=O)c1ccc(C)cc1. The first kappa shape index (κ1) is 35.0. The minimum atomic E-state index is -4.31. The highest BCUT2D eigenvalue weighted by Crippen LogP contribution is 2.36. The summed E-state index contributed by atoms with van der Waals surface area (Å²) >= 11 is 12.6. The normalized spacial score (nSPS) is 11.9. The van der Waals surface area contributed by atoms with Crippen LogP contribution in [0.2, 0.25) is 10.0 Å². The van der Waals surface area contributed by atoms with Crippen molar-refractivity contribution in [3.8, 4) is 11.5 Å². The Bertz CT molecular complexity index is 1550. The van der Waals surface area contributed by atoms with Crippen LogP contribution >= 0.6 is 23.2 Å². The number of carbonyl (C=O) groups is 2. The molecule has 0 spiro atoms. The first-order valence-electron chi connectivity index (χ1n) is 14.3. The summed E-state index contributed by atoms with van der Waals surface area (Å²) < 4.78 is 40.3. The summed E-state index contributed by atoms with van der Waals surface area (Å²) in [4.78, 5) is 29.1. The van der Waals surface area contributed by atoms with E-state index in [0.29, 0.717) is 27.9 Å². The quantitative estimate of drug-likeness (QED) is 0.193. The Hall–Kier alpha value is -3.47. The third kappa shape index (κ3) is 8.58. The van der Waals surface area contributed by atoms with Gasteiger partial charge in [-0.1, -0.05) is 67.2 Å². The summed E-state index contributed by atoms with van der Waals surface area (Å²) in [7, 11) is -1.44. The van der Waals surface area contributed by atoms with Crippen LogP contribution in [0.15, 0.2) is 65.6 Å². The minimum Gasteiger partial charge on any atom is -0.497 e. The predicted molar refractivity (Wildman–Crippen MR) is 174 cm³/mol. The second kappa shape index (κ2) is 16.0. The number of methoxy groups -OCH3 is 2. The van der Waals surface area contributed by atoms with Crippen molar-refractivity contribution in [2.75, 3.05) is 31.6 Å². The molecule has 44 heavy (non-hydrogen) atoms. The molecule has 0 heterocycles. The standard InChI is InChI=1S/C32H39Cl2N3O6S/c1-6-8-17-35-32(39)28(7-2)36(20-23-11-12-24(33)18-27(23)34)31(38)21-37(29-19-25(42-4)13-16-30(29)43-5)44(40,41)26-14-9-22(3)10-15-26/h9-16,18-19,28H,6-8,17,20-21H2,1-5H3,(H,35,39)/t28-/m0/s1. The van der Waals surface area contributed by atoms with Crippen LogP contribution < -0.4 is 19.1 Å². The maximum atomic E-state index is 14.3. The molecule has 1 N–H and O–H groups in total. The van der Waals surface area contributed by atoms with E-state index in [9.17, 15) is 18.0 Å². The Balaban J connectivity index is 2.15. The van der Waals surface area contributed by atoms with Crippen molar-refractivity contribution >= 4 is 50.7 Å². The first-order chi connectivity index (χ1) is 21.0. The van der Waals surface area contributed by atoms with Gasteiger partial charge in [-0.3, -0.25) is 13.9 Å². The molecule has 9 nitrogen and oxygen atoms in total. The van der Waals surface area contributed by atoms with Crippen molar-refractivity contribution in [3.05, 3.63) is 81.8 Å². The highest BCUT2D eigenvalue weighted by molar-refractivity contribution is 7.92. The fourth-order valence-corrected chi connectivity index (χ4v) is 6.49. The van der Waals surface area contributed by atoms with Crippen molar-refractivity contribution in [1.82, 2.24) is 10.2 Å². The molecule has 0 bridgehead atoms. The molecule has 238 valence electrons. The number of unbranched alkanes of at least 4 members (excludes halogenated alkanes) is 1. The lowest BCUT2D eigenvalue weighted by molar-refractivity contribution is -0.140. The Morgan fingerprint density at radius 3 is 2.25 bits per heavy atom. The van der Waals surface area contributed by atoms with E-state index in [1.807, 2.05) is 13.8 Å². The Morgan fingerprint density at radius 2 is 1.66 bits per heavy atom. The van der Waals surface area contributed by atoms with Gasteiger partial charge in [0.2, 0.25) is 11.8 Å². The van der Waals surface area contributed by atoms with Gasteiger partial charge in [-0.05, 0) is 61.7 Å². The number of carbonyl (C=O) groups excluding carboxylic acids is 2. The third-order valence-corrected chi connectivity index (χ3v) is 9.47. The highest BCUT2D eigenvalue weighted by Gasteiger charge is 2.35. The van der Waals surface area contributed by atoms with Crippen LogP contribution in [0.4, 0.5) is 5.69 Å². The average molecular weight is 665 g/mol. The van der Waals surface area contributed by atoms with Crippen molar-refractivity contribution in [3.63, 3.8) is 0 Å². The summed E-state index contributed by atoms with van der Waals surface area (Å²) in [6, 6.07) is 15.0. The molecule has 0 aromatic heterocycles. The number of aryl methyl sites for hydroxylation is 1. The molecular weight excluding hydrogens is 625 g/mol. The van der Waals surface area contributed by atoms with Gasteiger partial charge in [-0.15, -0.1) is 0 Å². The van der Waals surface area contributed by atoms with Crippen molar-refractivity contribution in [2.45, 2.75) is 57.5 Å². The largest absolute Gasteiger partial charge is 0.497 e. The van der Waals surface area contributed by atoms with Gasteiger partial charge in [0.1, 0.15) is 24.1 Å². The van der Waals surface area contributed by atoms with Crippen molar-refractivity contribution < 1.29 is 27.5 Å². The van der Waals surface area contributed by atoms with Crippen LogP contribution in [-0.4, -0.2) is 58.5 Å². The Labute approximate surface area is 270 Å². The first-order valence-corrected chi connectivity index (χ1v) is 16.5. The zero-order chi connectivity index (χ0) is 32.4. The fraction of sp³-hybridized carbons (Fsp3) is 0.375. The van der Waals surface area contributed by atoms with E-state index in [1.165, 1.54) is 37.3 Å². The lowest BCUT2D eigenvalue weighted by Crippen LogP contribution is -2.52. The topological polar surface area (TPSA) is 105 Å². The number of ether oxygens (including phenoxy) is 2. The molecule has 0 saturated heterocycles. The van der Waals surface area contributed by atoms with Crippen molar-refractivity contribution in [1.29, 1.82) is 0 Å². The second-order valence-corrected chi connectivity index (χ2v) is 12.9. The van der Waals surface area contributed by atoms with Gasteiger partial charge in [0.25, 0.3) is 10.0 Å². The summed E-state index contributed by atoms with van der Waals surface area (Å²) in [6.07, 6.45) is 1.94. The summed E-state index contributed by atoms with van der Waals surface area (Å²) in [5.41, 5.74) is 1.53. The molecule has 0 unspecified atom stereocenters. The lowest BCUT2D eigenvalue weighted by Gasteiger charge is -2.33. The number of amides is 2. The molecule has 0 aliphatic heterocycles. The Kier molecular flexibility index (Phi) is 12.7. The molecule has 12 heteroatoms. The molecule has 0 saturated carbocycles. The summed E-state index contributed by atoms with van der Waals surface area (Å²) in [5.74, 6) is -0.379. The molecule has 1 atom stereocenters. The molecule has 0 fully saturated rings. The number of nitrogens with zero attached hydrogens (tertiary/aromatic N) is 2. The van der Waals surface area contributed by atoms with E-state index in [0.717, 1.165) is 22.7 Å². The maximum Gasteiger partial charge on any atom is 0.264 e. The average Bonchev–Trinajstić information content (AvgIpc) is 3.00. The second-order valence-electron chi connectivity index (χ2n) is 10.2. The van der Waals surface area contributed by atoms with E-state index >= 15 is 0 Å². The molecule has 0 aliphatic carbocycles. The predicted octanol–water partition coefficient (Wildman–Crippen LogP) is 6.24. The fourth-order valence-electron chi connectivity index (χ4n) is 4.60. The van der Waals surface area contributed by atoms with E-state index in [1.54, 1.807) is 49.4 Å². The monoisotopic (exact) mass is 663 g/mol. The molecule has 3 aromatic rings. The van der Waals surface area contributed by atoms with E-state index < -0.39 is 28.5 Å². The number of anilines is 1. The van der Waals surface area contributed by atoms with Gasteiger partial charge in [-0.2, -0.15) is 0 Å². The zero-order valence-corrected chi connectivity index (χ0v) is 27.9. The van der Waals surface area contributed by atoms with Crippen LogP contribution in [0.5, 0.6) is 11.5 Å². The number of sulfonamides is 1. The lowest BCUT2D eigenvalue weighted by atomic mass is 10.1. The number of rotatable bonds is 15. The van der Waals surface area contributed by atoms with Crippen LogP contribution in [0.3, 0.4) is 0 Å². The number of hydrogen-bond donors (Lipinski definition) is 1. The zero-order valence-electron chi connectivity index (χ0n) is 25.6. The highest BCUT2D eigenvalue weighted by atomic mass is 35.5. The molecule has 3 rings (SSSR count). The molecule has 0 radical (unpaired) electrons. The van der Waals surface area contributed by atoms with Gasteiger partial charge in [-0.25, -0.2) is 8.42 Å². The van der Waals surface area contributed by atoms with E-state index in [2.05, 4.69) is 5.32 Å². The third-order valence-electron chi connectivity index (χ3n) is 7.11. The van der Waals surface area contributed by atoms with Gasteiger partial charge < -0.3 is 19.7 Å². The van der Waals surface area contributed by atoms with Crippen LogP contribution in [0, 0.1) is 6.92 Å². The van der Waals surface area contributed by atoms with Gasteiger partial charge in [0, 0.05) is 29.2 Å². The van der Waals surface area contributed by atoms with E-state index in [4.69, 9.17) is 32.7 Å². The maximum absolute atomic E-state index is 14.3. The summed E-state index contributed by atoms with van der Waals surface area (Å²) in [5, 5.41) is 3.64. The van der Waals surface area contributed by atoms with Gasteiger partial charge in [0.05, 0.1) is 24.8 Å². The van der Waals surface area contributed by atoms with Crippen LogP contribution in [-0.2, 0) is 26.2 Å². The van der Waals surface area contributed by atoms with Crippen molar-refractivity contribution in [2.24, 2.45) is 0 Å². The molecule has 3 aromatic carbocycles. The van der Waals surface area contributed by atoms with Crippen LogP contribution in [0.1, 0.15) is 44.2 Å². The number of nitrogens with one attached hydrogen (secondary N) is 1. The van der Waals surface area contributed by atoms with Gasteiger partial charge in [0.15, 0.2) is 0 Å². The molecule has 2 amide bonds. The van der Waals surface area contributed by atoms with Gasteiger partial charge >= 0.3 is 0 Å². The van der Waals surface area contributed by atoms with Crippen LogP contribution in [0.25, 0.3) is 0 Å². The smallest absolute Gasteiger partial charge is 0.264 e. The summed E-state index contributed by atoms with van der Waals surface area (Å²) in [6.45, 7) is 5.41. The minimum absolute atomic E-state index is 0.0163.